The molecule has 0 aromatic heterocycles. The van der Waals surface area contributed by atoms with Crippen molar-refractivity contribution in [3.8, 4) is 22.6 Å². The van der Waals surface area contributed by atoms with Crippen LogP contribution in [0.25, 0.3) is 11.1 Å². The maximum atomic E-state index is 12.9. The van der Waals surface area contributed by atoms with Gasteiger partial charge < -0.3 is 19.5 Å². The van der Waals surface area contributed by atoms with E-state index in [0.717, 1.165) is 35.3 Å². The number of amides is 1. The molecule has 38 heavy (non-hydrogen) atoms. The molecule has 0 unspecified atom stereocenters. The van der Waals surface area contributed by atoms with Gasteiger partial charge in [-0.15, -0.1) is 0 Å². The normalized spacial score (nSPS) is 10.5. The molecule has 1 amide bonds. The standard InChI is InChI=1S/C32H31NO5/c1-3-4-20-37-32(35)25-10-15-28(16-11-25)33-31(34)26-14-19-30(36-2)27(21-26)22-38-29-17-12-24(13-18-29)23-8-6-5-7-9-23/h5-19,21H,3-4,20,22H2,1-2H3,(H,33,34). The van der Waals surface area contributed by atoms with Crippen molar-refractivity contribution >= 4 is 17.6 Å². The highest BCUT2D eigenvalue weighted by Gasteiger charge is 2.13. The van der Waals surface area contributed by atoms with Gasteiger partial charge in [-0.1, -0.05) is 55.8 Å². The quantitative estimate of drug-likeness (QED) is 0.172. The highest BCUT2D eigenvalue weighted by Crippen LogP contribution is 2.25. The Morgan fingerprint density at radius 2 is 1.47 bits per heavy atom. The first kappa shape index (κ1) is 26.5. The van der Waals surface area contributed by atoms with E-state index < -0.39 is 0 Å². The van der Waals surface area contributed by atoms with E-state index in [0.29, 0.717) is 29.2 Å². The summed E-state index contributed by atoms with van der Waals surface area (Å²) in [5, 5.41) is 2.86. The molecule has 0 aliphatic heterocycles. The molecule has 6 nitrogen and oxygen atoms in total. The Morgan fingerprint density at radius 3 is 2.16 bits per heavy atom. The Hall–Kier alpha value is -4.58. The summed E-state index contributed by atoms with van der Waals surface area (Å²) in [4.78, 5) is 25.0. The van der Waals surface area contributed by atoms with Gasteiger partial charge in [-0.3, -0.25) is 4.79 Å². The van der Waals surface area contributed by atoms with Crippen molar-refractivity contribution in [3.63, 3.8) is 0 Å². The van der Waals surface area contributed by atoms with Crippen LogP contribution in [0.2, 0.25) is 0 Å². The van der Waals surface area contributed by atoms with Gasteiger partial charge in [0.15, 0.2) is 0 Å². The first-order valence-electron chi connectivity index (χ1n) is 12.6. The molecule has 0 spiro atoms. The number of methoxy groups -OCH3 is 1. The lowest BCUT2D eigenvalue weighted by molar-refractivity contribution is 0.0499. The van der Waals surface area contributed by atoms with Crippen LogP contribution in [0.3, 0.4) is 0 Å². The van der Waals surface area contributed by atoms with E-state index in [1.54, 1.807) is 49.6 Å². The zero-order valence-corrected chi connectivity index (χ0v) is 21.6. The molecule has 4 aromatic rings. The summed E-state index contributed by atoms with van der Waals surface area (Å²) < 4.78 is 16.7. The highest BCUT2D eigenvalue weighted by molar-refractivity contribution is 6.04. The number of ether oxygens (including phenoxy) is 3. The summed E-state index contributed by atoms with van der Waals surface area (Å²) in [6.45, 7) is 2.68. The number of hydrogen-bond donors (Lipinski definition) is 1. The van der Waals surface area contributed by atoms with Crippen LogP contribution in [0.15, 0.2) is 97.1 Å². The number of hydrogen-bond acceptors (Lipinski definition) is 5. The number of unbranched alkanes of at least 4 members (excludes halogenated alkanes) is 1. The van der Waals surface area contributed by atoms with Crippen LogP contribution in [0.1, 0.15) is 46.0 Å². The van der Waals surface area contributed by atoms with Crippen LogP contribution in [0, 0.1) is 0 Å². The number of anilines is 1. The number of esters is 1. The molecular weight excluding hydrogens is 478 g/mol. The van der Waals surface area contributed by atoms with Crippen molar-refractivity contribution in [2.75, 3.05) is 19.0 Å². The Kier molecular flexibility index (Phi) is 9.13. The minimum absolute atomic E-state index is 0.240. The number of carbonyl (C=O) groups excluding carboxylic acids is 2. The molecule has 0 saturated carbocycles. The Labute approximate surface area is 223 Å². The average molecular weight is 510 g/mol. The van der Waals surface area contributed by atoms with E-state index in [9.17, 15) is 9.59 Å². The second-order valence-electron chi connectivity index (χ2n) is 8.73. The van der Waals surface area contributed by atoms with Gasteiger partial charge in [-0.05, 0) is 72.1 Å². The molecule has 0 bridgehead atoms. The molecule has 0 heterocycles. The summed E-state index contributed by atoms with van der Waals surface area (Å²) in [7, 11) is 1.59. The predicted octanol–water partition coefficient (Wildman–Crippen LogP) is 7.15. The topological polar surface area (TPSA) is 73.9 Å². The SMILES string of the molecule is CCCCOC(=O)c1ccc(NC(=O)c2ccc(OC)c(COc3ccc(-c4ccccc4)cc3)c2)cc1. The Bertz CT molecular complexity index is 1350. The van der Waals surface area contributed by atoms with Crippen molar-refractivity contribution in [3.05, 3.63) is 114 Å². The van der Waals surface area contributed by atoms with E-state index in [-0.39, 0.29) is 18.5 Å². The fourth-order valence-corrected chi connectivity index (χ4v) is 3.85. The van der Waals surface area contributed by atoms with E-state index in [2.05, 4.69) is 17.4 Å². The lowest BCUT2D eigenvalue weighted by Crippen LogP contribution is -2.13. The smallest absolute Gasteiger partial charge is 0.338 e. The third kappa shape index (κ3) is 7.01. The van der Waals surface area contributed by atoms with Crippen LogP contribution in [0.5, 0.6) is 11.5 Å². The summed E-state index contributed by atoms with van der Waals surface area (Å²) in [5.41, 5.74) is 4.48. The van der Waals surface area contributed by atoms with Crippen molar-refractivity contribution < 1.29 is 23.8 Å². The van der Waals surface area contributed by atoms with Gasteiger partial charge in [-0.25, -0.2) is 4.79 Å². The maximum Gasteiger partial charge on any atom is 0.338 e. The number of rotatable bonds is 11. The third-order valence-electron chi connectivity index (χ3n) is 6.01. The van der Waals surface area contributed by atoms with Crippen LogP contribution in [-0.2, 0) is 11.3 Å². The third-order valence-corrected chi connectivity index (χ3v) is 6.01. The first-order valence-corrected chi connectivity index (χ1v) is 12.6. The second-order valence-corrected chi connectivity index (χ2v) is 8.73. The monoisotopic (exact) mass is 509 g/mol. The summed E-state index contributed by atoms with van der Waals surface area (Å²) in [6, 6.07) is 29.9. The van der Waals surface area contributed by atoms with E-state index in [1.165, 1.54) is 0 Å². The maximum absolute atomic E-state index is 12.9. The molecule has 0 saturated heterocycles. The molecule has 0 fully saturated rings. The fourth-order valence-electron chi connectivity index (χ4n) is 3.85. The van der Waals surface area contributed by atoms with Crippen molar-refractivity contribution in [1.82, 2.24) is 0 Å². The van der Waals surface area contributed by atoms with E-state index >= 15 is 0 Å². The summed E-state index contributed by atoms with van der Waals surface area (Å²) in [6.07, 6.45) is 1.79. The molecule has 4 rings (SSSR count). The molecule has 0 radical (unpaired) electrons. The van der Waals surface area contributed by atoms with Gasteiger partial charge in [0.25, 0.3) is 5.91 Å². The van der Waals surface area contributed by atoms with Gasteiger partial charge >= 0.3 is 5.97 Å². The minimum Gasteiger partial charge on any atom is -0.496 e. The van der Waals surface area contributed by atoms with Gasteiger partial charge in [-0.2, -0.15) is 0 Å². The second kappa shape index (κ2) is 13.1. The van der Waals surface area contributed by atoms with Gasteiger partial charge in [0, 0.05) is 16.8 Å². The van der Waals surface area contributed by atoms with Crippen LogP contribution in [-0.4, -0.2) is 25.6 Å². The van der Waals surface area contributed by atoms with E-state index in [1.807, 2.05) is 49.4 Å². The zero-order chi connectivity index (χ0) is 26.7. The summed E-state index contributed by atoms with van der Waals surface area (Å²) in [5.74, 6) is 0.702. The van der Waals surface area contributed by atoms with Crippen LogP contribution < -0.4 is 14.8 Å². The van der Waals surface area contributed by atoms with E-state index in [4.69, 9.17) is 14.2 Å². The van der Waals surface area contributed by atoms with Crippen molar-refractivity contribution in [2.45, 2.75) is 26.4 Å². The van der Waals surface area contributed by atoms with Crippen molar-refractivity contribution in [1.29, 1.82) is 0 Å². The lowest BCUT2D eigenvalue weighted by Gasteiger charge is -2.13. The fraction of sp³-hybridized carbons (Fsp3) is 0.188. The highest BCUT2D eigenvalue weighted by atomic mass is 16.5. The van der Waals surface area contributed by atoms with Gasteiger partial charge in [0.2, 0.25) is 0 Å². The predicted molar refractivity (Wildman–Crippen MR) is 149 cm³/mol. The molecule has 0 atom stereocenters. The molecule has 6 heteroatoms. The molecule has 1 N–H and O–H groups in total. The number of benzene rings is 4. The first-order chi connectivity index (χ1) is 18.6. The molecule has 194 valence electrons. The Balaban J connectivity index is 1.38. The molecule has 0 aliphatic carbocycles. The van der Waals surface area contributed by atoms with Crippen LogP contribution in [0.4, 0.5) is 5.69 Å². The largest absolute Gasteiger partial charge is 0.496 e. The average Bonchev–Trinajstić information content (AvgIpc) is 2.97. The van der Waals surface area contributed by atoms with Gasteiger partial charge in [0.05, 0.1) is 19.3 Å². The van der Waals surface area contributed by atoms with Crippen molar-refractivity contribution in [2.24, 2.45) is 0 Å². The number of carbonyl (C=O) groups is 2. The van der Waals surface area contributed by atoms with Crippen LogP contribution >= 0.6 is 0 Å². The van der Waals surface area contributed by atoms with Gasteiger partial charge in [0.1, 0.15) is 18.1 Å². The summed E-state index contributed by atoms with van der Waals surface area (Å²) >= 11 is 0. The molecule has 4 aromatic carbocycles. The lowest BCUT2D eigenvalue weighted by atomic mass is 10.1. The molecular formula is C32H31NO5. The molecule has 0 aliphatic rings. The minimum atomic E-state index is -0.370. The zero-order valence-electron chi connectivity index (χ0n) is 21.6. The Morgan fingerprint density at radius 1 is 0.789 bits per heavy atom. The number of nitrogens with one attached hydrogen (secondary N) is 1.